The number of aliphatic imine (C=N–C) groups is 1. The summed E-state index contributed by atoms with van der Waals surface area (Å²) in [6, 6.07) is 0. The van der Waals surface area contributed by atoms with Crippen molar-refractivity contribution in [3.63, 3.8) is 0 Å². The van der Waals surface area contributed by atoms with Crippen LogP contribution >= 0.6 is 0 Å². The van der Waals surface area contributed by atoms with E-state index in [2.05, 4.69) is 64.1 Å². The molecule has 0 bridgehead atoms. The van der Waals surface area contributed by atoms with Crippen LogP contribution in [-0.4, -0.2) is 23.6 Å². The number of nitrogens with zero attached hydrogens (tertiary/aromatic N) is 1. The van der Waals surface area contributed by atoms with Crippen LogP contribution in [0.5, 0.6) is 0 Å². The minimum Gasteiger partial charge on any atom is -0.352 e. The van der Waals surface area contributed by atoms with Gasteiger partial charge in [-0.25, -0.2) is 0 Å². The van der Waals surface area contributed by atoms with E-state index in [1.54, 1.807) is 0 Å². The molecular weight excluding hydrogens is 186 g/mol. The lowest BCUT2D eigenvalue weighted by atomic mass is 10.1. The highest BCUT2D eigenvalue weighted by Gasteiger charge is 2.16. The van der Waals surface area contributed by atoms with Gasteiger partial charge < -0.3 is 10.6 Å². The van der Waals surface area contributed by atoms with Gasteiger partial charge in [0.1, 0.15) is 0 Å². The van der Waals surface area contributed by atoms with Gasteiger partial charge in [0.15, 0.2) is 5.96 Å². The fourth-order valence-corrected chi connectivity index (χ4v) is 1.04. The average Bonchev–Trinajstić information content (AvgIpc) is 1.94. The first kappa shape index (κ1) is 14.3. The molecule has 0 rings (SSSR count). The maximum atomic E-state index is 4.51. The van der Waals surface area contributed by atoms with Crippen LogP contribution in [-0.2, 0) is 0 Å². The fourth-order valence-electron chi connectivity index (χ4n) is 1.04. The van der Waals surface area contributed by atoms with Gasteiger partial charge in [-0.3, -0.25) is 4.99 Å². The second-order valence-electron chi connectivity index (χ2n) is 5.98. The molecule has 0 aromatic rings. The molecule has 3 heteroatoms. The van der Waals surface area contributed by atoms with Crippen LogP contribution in [0.2, 0.25) is 0 Å². The normalized spacial score (nSPS) is 12.2. The van der Waals surface area contributed by atoms with E-state index in [0.717, 1.165) is 18.9 Å². The molecule has 0 saturated carbocycles. The monoisotopic (exact) mass is 213 g/mol. The minimum atomic E-state index is 0.0465. The van der Waals surface area contributed by atoms with E-state index >= 15 is 0 Å². The molecule has 0 aromatic heterocycles. The van der Waals surface area contributed by atoms with Crippen LogP contribution in [0.25, 0.3) is 0 Å². The topological polar surface area (TPSA) is 36.4 Å². The summed E-state index contributed by atoms with van der Waals surface area (Å²) in [6.45, 7) is 15.8. The number of nitrogens with one attached hydrogen (secondary N) is 2. The third-order valence-corrected chi connectivity index (χ3v) is 1.48. The number of rotatable bonds is 2. The molecule has 0 aliphatic carbocycles. The van der Waals surface area contributed by atoms with Gasteiger partial charge in [0.2, 0.25) is 0 Å². The average molecular weight is 213 g/mol. The molecule has 0 atom stereocenters. The minimum absolute atomic E-state index is 0.0465. The predicted octanol–water partition coefficient (Wildman–Crippen LogP) is 2.53. The highest BCUT2D eigenvalue weighted by Crippen LogP contribution is 2.02. The standard InChI is InChI=1S/C12H27N3/c1-8-9-13-10(14-11(2,3)4)15-12(5,6)7/h8-9H2,1-7H3,(H2,13,14,15). The molecule has 2 N–H and O–H groups in total. The van der Waals surface area contributed by atoms with Gasteiger partial charge in [0, 0.05) is 17.6 Å². The van der Waals surface area contributed by atoms with Crippen LogP contribution in [0, 0.1) is 0 Å². The Morgan fingerprint density at radius 3 is 1.60 bits per heavy atom. The molecule has 15 heavy (non-hydrogen) atoms. The fraction of sp³-hybridized carbons (Fsp3) is 0.917. The van der Waals surface area contributed by atoms with Crippen LogP contribution in [0.4, 0.5) is 0 Å². The Morgan fingerprint density at radius 2 is 1.33 bits per heavy atom. The van der Waals surface area contributed by atoms with E-state index in [1.807, 2.05) is 0 Å². The van der Waals surface area contributed by atoms with E-state index in [4.69, 9.17) is 0 Å². The van der Waals surface area contributed by atoms with E-state index in [9.17, 15) is 0 Å². The Kier molecular flexibility index (Phi) is 5.12. The lowest BCUT2D eigenvalue weighted by molar-refractivity contribution is 0.459. The zero-order valence-electron chi connectivity index (χ0n) is 11.4. The molecule has 0 radical (unpaired) electrons. The molecule has 3 nitrogen and oxygen atoms in total. The quantitative estimate of drug-likeness (QED) is 0.546. The van der Waals surface area contributed by atoms with Gasteiger partial charge in [-0.1, -0.05) is 6.92 Å². The van der Waals surface area contributed by atoms with Crippen molar-refractivity contribution in [2.75, 3.05) is 6.54 Å². The van der Waals surface area contributed by atoms with Gasteiger partial charge in [-0.05, 0) is 48.0 Å². The van der Waals surface area contributed by atoms with E-state index in [1.165, 1.54) is 0 Å². The molecule has 0 fully saturated rings. The van der Waals surface area contributed by atoms with Crippen molar-refractivity contribution in [1.82, 2.24) is 10.6 Å². The maximum absolute atomic E-state index is 4.51. The van der Waals surface area contributed by atoms with Gasteiger partial charge in [0.05, 0.1) is 0 Å². The Bertz CT molecular complexity index is 188. The first-order valence-electron chi connectivity index (χ1n) is 5.75. The first-order valence-corrected chi connectivity index (χ1v) is 5.75. The van der Waals surface area contributed by atoms with E-state index in [-0.39, 0.29) is 11.1 Å². The molecule has 90 valence electrons. The third kappa shape index (κ3) is 9.57. The van der Waals surface area contributed by atoms with Crippen LogP contribution in [0.1, 0.15) is 54.9 Å². The zero-order chi connectivity index (χ0) is 12.1. The molecule has 0 saturated heterocycles. The van der Waals surface area contributed by atoms with Crippen LogP contribution in [0.15, 0.2) is 4.99 Å². The van der Waals surface area contributed by atoms with Crippen molar-refractivity contribution in [2.24, 2.45) is 4.99 Å². The van der Waals surface area contributed by atoms with Gasteiger partial charge in [-0.2, -0.15) is 0 Å². The summed E-state index contributed by atoms with van der Waals surface area (Å²) in [5.41, 5.74) is 0.0929. The Labute approximate surface area is 94.7 Å². The van der Waals surface area contributed by atoms with Crippen LogP contribution in [0.3, 0.4) is 0 Å². The van der Waals surface area contributed by atoms with Crippen molar-refractivity contribution < 1.29 is 0 Å². The molecule has 0 aromatic carbocycles. The van der Waals surface area contributed by atoms with Crippen molar-refractivity contribution in [2.45, 2.75) is 66.0 Å². The number of hydrogen-bond donors (Lipinski definition) is 2. The second-order valence-corrected chi connectivity index (χ2v) is 5.98. The van der Waals surface area contributed by atoms with E-state index in [0.29, 0.717) is 0 Å². The predicted molar refractivity (Wildman–Crippen MR) is 68.4 cm³/mol. The van der Waals surface area contributed by atoms with Gasteiger partial charge >= 0.3 is 0 Å². The highest BCUT2D eigenvalue weighted by atomic mass is 15.2. The highest BCUT2D eigenvalue weighted by molar-refractivity contribution is 5.81. The smallest absolute Gasteiger partial charge is 0.192 e. The lowest BCUT2D eigenvalue weighted by Gasteiger charge is -2.29. The Morgan fingerprint density at radius 1 is 0.933 bits per heavy atom. The summed E-state index contributed by atoms with van der Waals surface area (Å²) in [6.07, 6.45) is 1.07. The third-order valence-electron chi connectivity index (χ3n) is 1.48. The first-order chi connectivity index (χ1) is 6.64. The van der Waals surface area contributed by atoms with Crippen molar-refractivity contribution >= 4 is 5.96 Å². The van der Waals surface area contributed by atoms with Crippen molar-refractivity contribution in [1.29, 1.82) is 0 Å². The number of guanidine groups is 1. The molecular formula is C12H27N3. The van der Waals surface area contributed by atoms with Crippen molar-refractivity contribution in [3.05, 3.63) is 0 Å². The Balaban J connectivity index is 4.46. The summed E-state index contributed by atoms with van der Waals surface area (Å²) in [4.78, 5) is 4.51. The summed E-state index contributed by atoms with van der Waals surface area (Å²) >= 11 is 0. The molecule has 0 unspecified atom stereocenters. The largest absolute Gasteiger partial charge is 0.352 e. The molecule has 0 aliphatic heterocycles. The van der Waals surface area contributed by atoms with Crippen molar-refractivity contribution in [3.8, 4) is 0 Å². The van der Waals surface area contributed by atoms with Gasteiger partial charge in [-0.15, -0.1) is 0 Å². The SMILES string of the molecule is CCCN=C(NC(C)(C)C)NC(C)(C)C. The number of hydrogen-bond acceptors (Lipinski definition) is 1. The summed E-state index contributed by atoms with van der Waals surface area (Å²) in [5.74, 6) is 0.900. The Hall–Kier alpha value is -0.730. The van der Waals surface area contributed by atoms with Crippen LogP contribution < -0.4 is 10.6 Å². The maximum Gasteiger partial charge on any atom is 0.192 e. The molecule has 0 amide bonds. The molecule has 0 spiro atoms. The second kappa shape index (κ2) is 5.38. The summed E-state index contributed by atoms with van der Waals surface area (Å²) < 4.78 is 0. The summed E-state index contributed by atoms with van der Waals surface area (Å²) in [5, 5.41) is 6.77. The van der Waals surface area contributed by atoms with Gasteiger partial charge in [0.25, 0.3) is 0 Å². The zero-order valence-corrected chi connectivity index (χ0v) is 11.4. The van der Waals surface area contributed by atoms with E-state index < -0.39 is 0 Å². The molecule has 0 heterocycles. The molecule has 0 aliphatic rings. The summed E-state index contributed by atoms with van der Waals surface area (Å²) in [7, 11) is 0. The lowest BCUT2D eigenvalue weighted by Crippen LogP contribution is -2.53.